The monoisotopic (exact) mass is 298 g/mol. The van der Waals surface area contributed by atoms with E-state index in [9.17, 15) is 9.18 Å². The Hall–Kier alpha value is -1.99. The highest BCUT2D eigenvalue weighted by Crippen LogP contribution is 2.19. The van der Waals surface area contributed by atoms with Gasteiger partial charge in [0.25, 0.3) is 0 Å². The van der Waals surface area contributed by atoms with Crippen molar-refractivity contribution in [3.63, 3.8) is 0 Å². The van der Waals surface area contributed by atoms with Gasteiger partial charge in [0.2, 0.25) is 0 Å². The zero-order valence-corrected chi connectivity index (χ0v) is 11.1. The zero-order valence-electron chi connectivity index (χ0n) is 10.4. The fourth-order valence-corrected chi connectivity index (χ4v) is 2.04. The van der Waals surface area contributed by atoms with E-state index in [1.807, 2.05) is 0 Å². The van der Waals surface area contributed by atoms with Crippen molar-refractivity contribution in [3.8, 4) is 0 Å². The van der Waals surface area contributed by atoms with Gasteiger partial charge in [-0.05, 0) is 12.6 Å². The van der Waals surface area contributed by atoms with E-state index in [2.05, 4.69) is 10.3 Å². The van der Waals surface area contributed by atoms with Gasteiger partial charge in [0.15, 0.2) is 5.69 Å². The minimum absolute atomic E-state index is 0.00134. The number of carbonyl (C=O) groups is 1. The number of hydrogen-bond donors (Lipinski definition) is 2. The Kier molecular flexibility index (Phi) is 4.31. The molecule has 1 heterocycles. The molecule has 1 aromatic carbocycles. The summed E-state index contributed by atoms with van der Waals surface area (Å²) in [5.74, 6) is -1.74. The van der Waals surface area contributed by atoms with Crippen LogP contribution in [-0.2, 0) is 13.0 Å². The molecule has 8 heteroatoms. The van der Waals surface area contributed by atoms with Gasteiger partial charge in [-0.3, -0.25) is 0 Å². The van der Waals surface area contributed by atoms with Crippen molar-refractivity contribution in [1.29, 1.82) is 0 Å². The highest BCUT2D eigenvalue weighted by atomic mass is 35.5. The Labute approximate surface area is 119 Å². The second kappa shape index (κ2) is 5.98. The summed E-state index contributed by atoms with van der Waals surface area (Å²) in [7, 11) is 0. The summed E-state index contributed by atoms with van der Waals surface area (Å²) >= 11 is 5.70. The SMILES string of the molecule is NCCc1c(C(=O)O)nnn1Cc1cccc(Cl)c1F. The number of aromatic nitrogens is 3. The Bertz CT molecular complexity index is 644. The van der Waals surface area contributed by atoms with Crippen LogP contribution in [0.2, 0.25) is 5.02 Å². The van der Waals surface area contributed by atoms with E-state index >= 15 is 0 Å². The van der Waals surface area contributed by atoms with Crippen LogP contribution >= 0.6 is 11.6 Å². The van der Waals surface area contributed by atoms with Gasteiger partial charge >= 0.3 is 5.97 Å². The summed E-state index contributed by atoms with van der Waals surface area (Å²) in [6.07, 6.45) is 0.289. The maximum atomic E-state index is 13.8. The molecule has 106 valence electrons. The topological polar surface area (TPSA) is 94.0 Å². The van der Waals surface area contributed by atoms with Gasteiger partial charge in [-0.2, -0.15) is 0 Å². The van der Waals surface area contributed by atoms with Gasteiger partial charge in [-0.1, -0.05) is 28.9 Å². The summed E-state index contributed by atoms with van der Waals surface area (Å²) < 4.78 is 15.2. The van der Waals surface area contributed by atoms with Crippen molar-refractivity contribution in [3.05, 3.63) is 46.0 Å². The van der Waals surface area contributed by atoms with Gasteiger partial charge in [-0.15, -0.1) is 5.10 Å². The molecular weight excluding hydrogens is 287 g/mol. The molecule has 3 N–H and O–H groups in total. The Balaban J connectivity index is 2.38. The van der Waals surface area contributed by atoms with E-state index in [1.54, 1.807) is 12.1 Å². The van der Waals surface area contributed by atoms with Gasteiger partial charge in [-0.25, -0.2) is 13.9 Å². The van der Waals surface area contributed by atoms with E-state index in [1.165, 1.54) is 10.7 Å². The summed E-state index contributed by atoms with van der Waals surface area (Å²) in [5.41, 5.74) is 5.94. The van der Waals surface area contributed by atoms with Gasteiger partial charge < -0.3 is 10.8 Å². The lowest BCUT2D eigenvalue weighted by atomic mass is 10.2. The van der Waals surface area contributed by atoms with Crippen molar-refractivity contribution in [2.24, 2.45) is 5.73 Å². The van der Waals surface area contributed by atoms with E-state index in [-0.39, 0.29) is 30.2 Å². The molecule has 0 aliphatic heterocycles. The maximum absolute atomic E-state index is 13.8. The van der Waals surface area contributed by atoms with Gasteiger partial charge in [0, 0.05) is 12.0 Å². The molecule has 0 atom stereocenters. The summed E-state index contributed by atoms with van der Waals surface area (Å²) in [4.78, 5) is 11.0. The minimum atomic E-state index is -1.19. The van der Waals surface area contributed by atoms with Crippen LogP contribution in [0.5, 0.6) is 0 Å². The van der Waals surface area contributed by atoms with Crippen LogP contribution in [-0.4, -0.2) is 32.6 Å². The number of aromatic carboxylic acids is 1. The first-order chi connectivity index (χ1) is 9.54. The second-order valence-corrected chi connectivity index (χ2v) is 4.51. The predicted molar refractivity (Wildman–Crippen MR) is 70.3 cm³/mol. The predicted octanol–water partition coefficient (Wildman–Crippen LogP) is 1.32. The Morgan fingerprint density at radius 1 is 1.50 bits per heavy atom. The summed E-state index contributed by atoms with van der Waals surface area (Å²) in [6, 6.07) is 4.60. The quantitative estimate of drug-likeness (QED) is 0.868. The molecule has 0 saturated heterocycles. The highest BCUT2D eigenvalue weighted by molar-refractivity contribution is 6.30. The molecule has 0 fully saturated rings. The molecule has 20 heavy (non-hydrogen) atoms. The van der Waals surface area contributed by atoms with Crippen molar-refractivity contribution in [2.45, 2.75) is 13.0 Å². The molecule has 1 aromatic heterocycles. The molecule has 2 aromatic rings. The molecular formula is C12H12ClFN4O2. The van der Waals surface area contributed by atoms with E-state index in [0.717, 1.165) is 0 Å². The first kappa shape index (κ1) is 14.4. The van der Waals surface area contributed by atoms with E-state index < -0.39 is 11.8 Å². The molecule has 2 rings (SSSR count). The number of nitrogens with two attached hydrogens (primary N) is 1. The lowest BCUT2D eigenvalue weighted by molar-refractivity contribution is 0.0689. The molecule has 0 spiro atoms. The van der Waals surface area contributed by atoms with Crippen molar-refractivity contribution in [2.75, 3.05) is 6.54 Å². The number of rotatable bonds is 5. The Morgan fingerprint density at radius 3 is 2.90 bits per heavy atom. The smallest absolute Gasteiger partial charge is 0.358 e. The van der Waals surface area contributed by atoms with Crippen molar-refractivity contribution < 1.29 is 14.3 Å². The molecule has 0 aliphatic carbocycles. The first-order valence-corrected chi connectivity index (χ1v) is 6.21. The van der Waals surface area contributed by atoms with Crippen LogP contribution in [0.3, 0.4) is 0 Å². The average molecular weight is 299 g/mol. The largest absolute Gasteiger partial charge is 0.476 e. The molecule has 0 radical (unpaired) electrons. The average Bonchev–Trinajstić information content (AvgIpc) is 2.79. The molecule has 0 saturated carbocycles. The Morgan fingerprint density at radius 2 is 2.25 bits per heavy atom. The number of halogens is 2. The molecule has 0 bridgehead atoms. The summed E-state index contributed by atoms with van der Waals surface area (Å²) in [6.45, 7) is 0.285. The van der Waals surface area contributed by atoms with Crippen LogP contribution in [0.4, 0.5) is 4.39 Å². The van der Waals surface area contributed by atoms with Crippen molar-refractivity contribution >= 4 is 17.6 Å². The maximum Gasteiger partial charge on any atom is 0.358 e. The third-order valence-corrected chi connectivity index (χ3v) is 3.06. The molecule has 0 amide bonds. The van der Waals surface area contributed by atoms with E-state index in [0.29, 0.717) is 11.3 Å². The first-order valence-electron chi connectivity index (χ1n) is 5.83. The third kappa shape index (κ3) is 2.78. The lowest BCUT2D eigenvalue weighted by Crippen LogP contribution is -2.14. The van der Waals surface area contributed by atoms with Crippen LogP contribution in [0.25, 0.3) is 0 Å². The van der Waals surface area contributed by atoms with E-state index in [4.69, 9.17) is 22.4 Å². The number of hydrogen-bond acceptors (Lipinski definition) is 4. The molecule has 0 aliphatic rings. The third-order valence-electron chi connectivity index (χ3n) is 2.77. The van der Waals surface area contributed by atoms with Crippen LogP contribution in [0, 0.1) is 5.82 Å². The molecule has 0 unspecified atom stereocenters. The normalized spacial score (nSPS) is 10.8. The minimum Gasteiger partial charge on any atom is -0.476 e. The number of carboxylic acids is 1. The van der Waals surface area contributed by atoms with Crippen molar-refractivity contribution in [1.82, 2.24) is 15.0 Å². The number of nitrogens with zero attached hydrogens (tertiary/aromatic N) is 3. The van der Waals surface area contributed by atoms with Crippen LogP contribution in [0.15, 0.2) is 18.2 Å². The number of carboxylic acid groups (broad SMARTS) is 1. The second-order valence-electron chi connectivity index (χ2n) is 4.10. The zero-order chi connectivity index (χ0) is 14.7. The van der Waals surface area contributed by atoms with Gasteiger partial charge in [0.1, 0.15) is 5.82 Å². The standard InChI is InChI=1S/C12H12ClFN4O2/c13-8-3-1-2-7(10(8)14)6-18-9(4-5-15)11(12(19)20)16-17-18/h1-3H,4-6,15H2,(H,19,20). The lowest BCUT2D eigenvalue weighted by Gasteiger charge is -2.08. The molecule has 6 nitrogen and oxygen atoms in total. The summed E-state index contributed by atoms with van der Waals surface area (Å²) in [5, 5.41) is 16.3. The van der Waals surface area contributed by atoms with Crippen LogP contribution < -0.4 is 5.73 Å². The highest BCUT2D eigenvalue weighted by Gasteiger charge is 2.19. The number of benzene rings is 1. The fourth-order valence-electron chi connectivity index (χ4n) is 1.84. The fraction of sp³-hybridized carbons (Fsp3) is 0.250. The van der Waals surface area contributed by atoms with Gasteiger partial charge in [0.05, 0.1) is 17.3 Å². The van der Waals surface area contributed by atoms with Crippen LogP contribution in [0.1, 0.15) is 21.7 Å².